The smallest absolute Gasteiger partial charge is 0.271 e. The number of carbonyl (C=O) groups excluding carboxylic acids is 2. The van der Waals surface area contributed by atoms with Gasteiger partial charge in [0.2, 0.25) is 21.8 Å². The summed E-state index contributed by atoms with van der Waals surface area (Å²) in [4.78, 5) is 39.8. The van der Waals surface area contributed by atoms with Gasteiger partial charge in [-0.05, 0) is 35.2 Å². The van der Waals surface area contributed by atoms with Crippen molar-refractivity contribution in [2.75, 3.05) is 30.8 Å². The molecule has 0 heterocycles. The minimum Gasteiger partial charge on any atom is -0.495 e. The number of hydrogen-bond acceptors (Lipinski definition) is 7. The van der Waals surface area contributed by atoms with Crippen LogP contribution in [0.4, 0.5) is 15.8 Å². The van der Waals surface area contributed by atoms with E-state index in [2.05, 4.69) is 5.32 Å². The van der Waals surface area contributed by atoms with Gasteiger partial charge in [-0.15, -0.1) is 0 Å². The fourth-order valence-electron chi connectivity index (χ4n) is 4.34. The summed E-state index contributed by atoms with van der Waals surface area (Å²) in [6.07, 6.45) is 0.969. The Bertz CT molecular complexity index is 1530. The fourth-order valence-corrected chi connectivity index (χ4v) is 5.19. The van der Waals surface area contributed by atoms with E-state index in [0.29, 0.717) is 16.4 Å². The Morgan fingerprint density at radius 2 is 1.67 bits per heavy atom. The number of sulfonamides is 1. The van der Waals surface area contributed by atoms with Crippen molar-refractivity contribution in [3.63, 3.8) is 0 Å². The maximum Gasteiger partial charge on any atom is 0.271 e. The standard InChI is InChI=1S/C30H35FN4O7S/c1-21(2)18-32-30(37)27(16-22-8-6-5-7-9-22)33(19-23-10-12-24(31)13-11-23)29(36)20-34(43(4,40)41)26-17-25(35(38)39)14-15-28(26)42-3/h5-15,17,21,27H,16,18-20H2,1-4H3,(H,32,37). The highest BCUT2D eigenvalue weighted by Gasteiger charge is 2.34. The third kappa shape index (κ3) is 9.23. The van der Waals surface area contributed by atoms with Crippen molar-refractivity contribution < 1.29 is 32.1 Å². The largest absolute Gasteiger partial charge is 0.495 e. The van der Waals surface area contributed by atoms with Crippen LogP contribution in [0, 0.1) is 21.8 Å². The second kappa shape index (κ2) is 14.6. The molecule has 0 aromatic heterocycles. The SMILES string of the molecule is COc1ccc([N+](=O)[O-])cc1N(CC(=O)N(Cc1ccc(F)cc1)C(Cc1ccccc1)C(=O)NCC(C)C)S(C)(=O)=O. The van der Waals surface area contributed by atoms with Gasteiger partial charge in [0.15, 0.2) is 0 Å². The van der Waals surface area contributed by atoms with Gasteiger partial charge in [0, 0.05) is 31.6 Å². The van der Waals surface area contributed by atoms with Crippen molar-refractivity contribution in [2.45, 2.75) is 32.9 Å². The number of amides is 2. The molecule has 1 atom stereocenters. The summed E-state index contributed by atoms with van der Waals surface area (Å²) in [5.41, 5.74) is 0.640. The van der Waals surface area contributed by atoms with Gasteiger partial charge in [0.25, 0.3) is 5.69 Å². The van der Waals surface area contributed by atoms with Gasteiger partial charge in [0.1, 0.15) is 29.8 Å². The van der Waals surface area contributed by atoms with E-state index < -0.39 is 50.9 Å². The summed E-state index contributed by atoms with van der Waals surface area (Å²) in [7, 11) is -2.93. The van der Waals surface area contributed by atoms with E-state index in [1.165, 1.54) is 42.3 Å². The monoisotopic (exact) mass is 614 g/mol. The minimum atomic E-state index is -4.19. The van der Waals surface area contributed by atoms with Crippen LogP contribution in [0.1, 0.15) is 25.0 Å². The van der Waals surface area contributed by atoms with Gasteiger partial charge >= 0.3 is 0 Å². The molecule has 1 N–H and O–H groups in total. The van der Waals surface area contributed by atoms with E-state index in [1.54, 1.807) is 24.3 Å². The molecule has 43 heavy (non-hydrogen) atoms. The summed E-state index contributed by atoms with van der Waals surface area (Å²) >= 11 is 0. The lowest BCUT2D eigenvalue weighted by atomic mass is 10.0. The average molecular weight is 615 g/mol. The van der Waals surface area contributed by atoms with E-state index in [1.807, 2.05) is 19.9 Å². The van der Waals surface area contributed by atoms with Gasteiger partial charge in [0.05, 0.1) is 18.3 Å². The number of hydrogen-bond donors (Lipinski definition) is 1. The lowest BCUT2D eigenvalue weighted by Gasteiger charge is -2.33. The first kappa shape index (κ1) is 33.0. The normalized spacial score (nSPS) is 12.0. The van der Waals surface area contributed by atoms with Crippen LogP contribution in [-0.2, 0) is 32.6 Å². The summed E-state index contributed by atoms with van der Waals surface area (Å²) in [5, 5.41) is 14.3. The number of benzene rings is 3. The maximum atomic E-state index is 14.1. The first-order chi connectivity index (χ1) is 20.3. The highest BCUT2D eigenvalue weighted by molar-refractivity contribution is 7.92. The molecule has 0 bridgehead atoms. The predicted octanol–water partition coefficient (Wildman–Crippen LogP) is 3.92. The zero-order valence-electron chi connectivity index (χ0n) is 24.4. The quantitative estimate of drug-likeness (QED) is 0.215. The van der Waals surface area contributed by atoms with Gasteiger partial charge < -0.3 is 15.0 Å². The Kier molecular flexibility index (Phi) is 11.2. The molecule has 0 aliphatic carbocycles. The van der Waals surface area contributed by atoms with Crippen LogP contribution in [0.3, 0.4) is 0 Å². The molecule has 2 amide bonds. The Labute approximate surface area is 250 Å². The number of carbonyl (C=O) groups is 2. The molecule has 3 aromatic rings. The number of nitro benzene ring substituents is 1. The summed E-state index contributed by atoms with van der Waals surface area (Å²) < 4.78 is 45.7. The Morgan fingerprint density at radius 1 is 1.02 bits per heavy atom. The number of non-ortho nitro benzene ring substituents is 1. The molecule has 0 aliphatic heterocycles. The van der Waals surface area contributed by atoms with Crippen molar-refractivity contribution in [3.05, 3.63) is 99.9 Å². The van der Waals surface area contributed by atoms with E-state index in [0.717, 1.165) is 24.0 Å². The molecule has 3 rings (SSSR count). The molecule has 11 nitrogen and oxygen atoms in total. The van der Waals surface area contributed by atoms with Crippen molar-refractivity contribution >= 4 is 33.2 Å². The molecule has 13 heteroatoms. The lowest BCUT2D eigenvalue weighted by molar-refractivity contribution is -0.384. The van der Waals surface area contributed by atoms with Crippen LogP contribution in [0.15, 0.2) is 72.8 Å². The van der Waals surface area contributed by atoms with Crippen LogP contribution in [0.25, 0.3) is 0 Å². The molecule has 0 aliphatic rings. The molecule has 0 saturated heterocycles. The first-order valence-electron chi connectivity index (χ1n) is 13.5. The lowest BCUT2D eigenvalue weighted by Crippen LogP contribution is -2.53. The van der Waals surface area contributed by atoms with Crippen LogP contribution < -0.4 is 14.4 Å². The molecule has 0 fully saturated rings. The Balaban J connectivity index is 2.11. The van der Waals surface area contributed by atoms with Gasteiger partial charge in [-0.3, -0.25) is 24.0 Å². The number of rotatable bonds is 14. The molecule has 3 aromatic carbocycles. The number of nitrogens with zero attached hydrogens (tertiary/aromatic N) is 3. The second-order valence-corrected chi connectivity index (χ2v) is 12.3. The second-order valence-electron chi connectivity index (χ2n) is 10.4. The summed E-state index contributed by atoms with van der Waals surface area (Å²) in [6.45, 7) is 3.24. The summed E-state index contributed by atoms with van der Waals surface area (Å²) in [6, 6.07) is 16.7. The molecule has 1 unspecified atom stereocenters. The number of halogens is 1. The van der Waals surface area contributed by atoms with E-state index in [9.17, 15) is 32.5 Å². The van der Waals surface area contributed by atoms with Crippen molar-refractivity contribution in [2.24, 2.45) is 5.92 Å². The summed E-state index contributed by atoms with van der Waals surface area (Å²) in [5.74, 6) is -1.59. The number of nitro groups is 1. The number of anilines is 1. The zero-order chi connectivity index (χ0) is 31.7. The molecule has 230 valence electrons. The molecule has 0 radical (unpaired) electrons. The van der Waals surface area contributed by atoms with E-state index >= 15 is 0 Å². The highest BCUT2D eigenvalue weighted by atomic mass is 32.2. The fraction of sp³-hybridized carbons (Fsp3) is 0.333. The third-order valence-corrected chi connectivity index (χ3v) is 7.67. The van der Waals surface area contributed by atoms with Gasteiger partial charge in [-0.1, -0.05) is 56.3 Å². The van der Waals surface area contributed by atoms with Crippen LogP contribution in [-0.4, -0.2) is 62.6 Å². The van der Waals surface area contributed by atoms with Crippen molar-refractivity contribution in [3.8, 4) is 5.75 Å². The first-order valence-corrected chi connectivity index (χ1v) is 15.3. The molecular weight excluding hydrogens is 579 g/mol. The topological polar surface area (TPSA) is 139 Å². The van der Waals surface area contributed by atoms with E-state index in [4.69, 9.17) is 4.74 Å². The maximum absolute atomic E-state index is 14.1. The van der Waals surface area contributed by atoms with Crippen LogP contribution >= 0.6 is 0 Å². The van der Waals surface area contributed by atoms with Crippen LogP contribution in [0.2, 0.25) is 0 Å². The average Bonchev–Trinajstić information content (AvgIpc) is 2.96. The molecule has 0 saturated carbocycles. The highest BCUT2D eigenvalue weighted by Crippen LogP contribution is 2.34. The predicted molar refractivity (Wildman–Crippen MR) is 161 cm³/mol. The Hall–Kier alpha value is -4.52. The number of nitrogens with one attached hydrogen (secondary N) is 1. The third-order valence-electron chi connectivity index (χ3n) is 6.54. The van der Waals surface area contributed by atoms with Gasteiger partial charge in [-0.25, -0.2) is 12.8 Å². The van der Waals surface area contributed by atoms with Crippen molar-refractivity contribution in [1.29, 1.82) is 0 Å². The Morgan fingerprint density at radius 3 is 2.23 bits per heavy atom. The van der Waals surface area contributed by atoms with Crippen LogP contribution in [0.5, 0.6) is 5.75 Å². The van der Waals surface area contributed by atoms with E-state index in [-0.39, 0.29) is 30.3 Å². The number of methoxy groups -OCH3 is 1. The number of ether oxygens (including phenoxy) is 1. The van der Waals surface area contributed by atoms with Crippen molar-refractivity contribution in [1.82, 2.24) is 10.2 Å². The molecule has 0 spiro atoms. The van der Waals surface area contributed by atoms with Gasteiger partial charge in [-0.2, -0.15) is 0 Å². The minimum absolute atomic E-state index is 0.00979. The molecular formula is C30H35FN4O7S. The zero-order valence-corrected chi connectivity index (χ0v) is 25.2.